The van der Waals surface area contributed by atoms with Crippen LogP contribution < -0.4 is 11.1 Å². The summed E-state index contributed by atoms with van der Waals surface area (Å²) in [5.41, 5.74) is 5.64. The molecule has 0 saturated heterocycles. The number of halogens is 1. The summed E-state index contributed by atoms with van der Waals surface area (Å²) in [6.45, 7) is 3.81. The molecule has 1 aliphatic rings. The van der Waals surface area contributed by atoms with Crippen molar-refractivity contribution >= 4 is 17.5 Å². The molecule has 74 valence electrons. The molecular weight excluding hydrogens is 188 g/mol. The van der Waals surface area contributed by atoms with Crippen molar-refractivity contribution in [1.82, 2.24) is 5.32 Å². The topological polar surface area (TPSA) is 55.1 Å². The van der Waals surface area contributed by atoms with Gasteiger partial charge in [0.2, 0.25) is 5.91 Å². The molecule has 0 unspecified atom stereocenters. The van der Waals surface area contributed by atoms with E-state index in [9.17, 15) is 4.79 Å². The number of nitrogens with two attached hydrogens (primary N) is 1. The molecule has 0 heterocycles. The fourth-order valence-electron chi connectivity index (χ4n) is 1.38. The molecule has 1 amide bonds. The highest BCUT2D eigenvalue weighted by Crippen LogP contribution is 2.31. The van der Waals surface area contributed by atoms with Crippen LogP contribution in [-0.2, 0) is 4.79 Å². The van der Waals surface area contributed by atoms with Crippen molar-refractivity contribution in [2.45, 2.75) is 31.2 Å². The maximum atomic E-state index is 11.3. The van der Waals surface area contributed by atoms with Crippen LogP contribution in [0.4, 0.5) is 0 Å². The van der Waals surface area contributed by atoms with Crippen LogP contribution in [0.25, 0.3) is 0 Å². The van der Waals surface area contributed by atoms with Gasteiger partial charge in [-0.2, -0.15) is 0 Å². The number of nitrogens with one attached hydrogen (secondary N) is 1. The molecule has 0 aromatic carbocycles. The summed E-state index contributed by atoms with van der Waals surface area (Å²) in [5, 5.41) is 3.09. The molecule has 3 nitrogen and oxygen atoms in total. The lowest BCUT2D eigenvalue weighted by Crippen LogP contribution is -2.50. The second-order valence-corrected chi connectivity index (χ2v) is 4.22. The minimum absolute atomic E-state index is 0.0380. The molecular formula is C9H15ClN2O. The third-order valence-electron chi connectivity index (χ3n) is 2.34. The first kappa shape index (κ1) is 10.5. The van der Waals surface area contributed by atoms with Crippen LogP contribution in [0.5, 0.6) is 0 Å². The zero-order valence-corrected chi connectivity index (χ0v) is 8.36. The van der Waals surface area contributed by atoms with Crippen molar-refractivity contribution in [2.75, 3.05) is 6.54 Å². The van der Waals surface area contributed by atoms with Crippen LogP contribution in [0.3, 0.4) is 0 Å². The number of rotatable bonds is 4. The third-order valence-corrected chi connectivity index (χ3v) is 2.47. The maximum absolute atomic E-state index is 11.3. The van der Waals surface area contributed by atoms with E-state index >= 15 is 0 Å². The number of carbonyl (C=O) groups excluding carboxylic acids is 1. The van der Waals surface area contributed by atoms with Crippen molar-refractivity contribution in [1.29, 1.82) is 0 Å². The van der Waals surface area contributed by atoms with Crippen LogP contribution in [0, 0.1) is 0 Å². The van der Waals surface area contributed by atoms with E-state index in [1.54, 1.807) is 0 Å². The zero-order chi connectivity index (χ0) is 9.90. The largest absolute Gasteiger partial charge is 0.351 e. The average Bonchev–Trinajstić information content (AvgIpc) is 1.98. The molecule has 13 heavy (non-hydrogen) atoms. The van der Waals surface area contributed by atoms with Crippen molar-refractivity contribution in [3.8, 4) is 0 Å². The van der Waals surface area contributed by atoms with Gasteiger partial charge in [0.1, 0.15) is 0 Å². The van der Waals surface area contributed by atoms with Crippen LogP contribution in [0.1, 0.15) is 25.7 Å². The van der Waals surface area contributed by atoms with E-state index in [-0.39, 0.29) is 11.4 Å². The Labute approximate surface area is 83.3 Å². The molecule has 0 atom stereocenters. The first-order chi connectivity index (χ1) is 6.02. The molecule has 1 aliphatic carbocycles. The minimum atomic E-state index is -0.252. The number of amides is 1. The molecule has 0 aromatic heterocycles. The Morgan fingerprint density at radius 1 is 1.62 bits per heavy atom. The van der Waals surface area contributed by atoms with Gasteiger partial charge in [-0.3, -0.25) is 4.79 Å². The molecule has 3 N–H and O–H groups in total. The fraction of sp³-hybridized carbons (Fsp3) is 0.667. The molecule has 1 rings (SSSR count). The fourth-order valence-corrected chi connectivity index (χ4v) is 1.45. The number of carbonyl (C=O) groups is 1. The molecule has 0 spiro atoms. The highest BCUT2D eigenvalue weighted by Gasteiger charge is 2.34. The van der Waals surface area contributed by atoms with Crippen LogP contribution in [-0.4, -0.2) is 18.0 Å². The Morgan fingerprint density at radius 3 is 2.62 bits per heavy atom. The van der Waals surface area contributed by atoms with Gasteiger partial charge in [-0.1, -0.05) is 18.2 Å². The van der Waals surface area contributed by atoms with Crippen molar-refractivity contribution < 1.29 is 4.79 Å². The molecule has 4 heteroatoms. The van der Waals surface area contributed by atoms with Gasteiger partial charge in [-0.05, 0) is 19.3 Å². The summed E-state index contributed by atoms with van der Waals surface area (Å²) in [7, 11) is 0. The lowest BCUT2D eigenvalue weighted by atomic mass is 9.75. The molecule has 0 aliphatic heterocycles. The Balaban J connectivity index is 2.21. The van der Waals surface area contributed by atoms with Crippen LogP contribution in [0.15, 0.2) is 11.6 Å². The molecule has 0 aromatic rings. The third kappa shape index (κ3) is 3.36. The highest BCUT2D eigenvalue weighted by atomic mass is 35.5. The lowest BCUT2D eigenvalue weighted by Gasteiger charge is -2.37. The van der Waals surface area contributed by atoms with Crippen molar-refractivity contribution in [3.63, 3.8) is 0 Å². The van der Waals surface area contributed by atoms with Gasteiger partial charge < -0.3 is 11.1 Å². The van der Waals surface area contributed by atoms with E-state index in [1.807, 2.05) is 0 Å². The normalized spacial score (nSPS) is 18.9. The van der Waals surface area contributed by atoms with Gasteiger partial charge in [0.25, 0.3) is 0 Å². The molecule has 1 saturated carbocycles. The SMILES string of the molecule is C=C(Cl)CNC(=O)CC1(N)CCC1. The lowest BCUT2D eigenvalue weighted by molar-refractivity contribution is -0.122. The van der Waals surface area contributed by atoms with Gasteiger partial charge in [0.05, 0.1) is 6.54 Å². The summed E-state index contributed by atoms with van der Waals surface area (Å²) in [6.07, 6.45) is 3.42. The predicted octanol–water partition coefficient (Wildman–Crippen LogP) is 1.13. The summed E-state index contributed by atoms with van der Waals surface area (Å²) >= 11 is 5.50. The first-order valence-electron chi connectivity index (χ1n) is 4.41. The van der Waals surface area contributed by atoms with Crippen LogP contribution >= 0.6 is 11.6 Å². The summed E-state index contributed by atoms with van der Waals surface area (Å²) in [5.74, 6) is -0.0380. The van der Waals surface area contributed by atoms with Gasteiger partial charge in [-0.15, -0.1) is 0 Å². The van der Waals surface area contributed by atoms with E-state index in [1.165, 1.54) is 0 Å². The molecule has 0 radical (unpaired) electrons. The van der Waals surface area contributed by atoms with Crippen molar-refractivity contribution in [3.05, 3.63) is 11.6 Å². The molecule has 1 fully saturated rings. The van der Waals surface area contributed by atoms with E-state index in [4.69, 9.17) is 17.3 Å². The van der Waals surface area contributed by atoms with E-state index < -0.39 is 0 Å². The Bertz CT molecular complexity index is 224. The molecule has 0 bridgehead atoms. The van der Waals surface area contributed by atoms with Gasteiger partial charge >= 0.3 is 0 Å². The van der Waals surface area contributed by atoms with Gasteiger partial charge in [-0.25, -0.2) is 0 Å². The zero-order valence-electron chi connectivity index (χ0n) is 7.61. The number of hydrogen-bond donors (Lipinski definition) is 2. The minimum Gasteiger partial charge on any atom is -0.351 e. The van der Waals surface area contributed by atoms with Crippen LogP contribution in [0.2, 0.25) is 0 Å². The summed E-state index contributed by atoms with van der Waals surface area (Å²) in [6, 6.07) is 0. The first-order valence-corrected chi connectivity index (χ1v) is 4.78. The second-order valence-electron chi connectivity index (χ2n) is 3.69. The van der Waals surface area contributed by atoms with Gasteiger partial charge in [0.15, 0.2) is 0 Å². The number of hydrogen-bond acceptors (Lipinski definition) is 2. The van der Waals surface area contributed by atoms with Crippen molar-refractivity contribution in [2.24, 2.45) is 5.73 Å². The standard InChI is InChI=1S/C9H15ClN2O/c1-7(10)6-12-8(13)5-9(11)3-2-4-9/h1-6,11H2,(H,12,13). The Kier molecular flexibility index (Phi) is 3.33. The van der Waals surface area contributed by atoms with E-state index in [0.29, 0.717) is 18.0 Å². The monoisotopic (exact) mass is 202 g/mol. The Morgan fingerprint density at radius 2 is 2.23 bits per heavy atom. The average molecular weight is 203 g/mol. The summed E-state index contributed by atoms with van der Waals surface area (Å²) < 4.78 is 0. The smallest absolute Gasteiger partial charge is 0.222 e. The Hall–Kier alpha value is -0.540. The highest BCUT2D eigenvalue weighted by molar-refractivity contribution is 6.29. The van der Waals surface area contributed by atoms with E-state index in [0.717, 1.165) is 19.3 Å². The predicted molar refractivity (Wildman–Crippen MR) is 53.4 cm³/mol. The van der Waals surface area contributed by atoms with Gasteiger partial charge in [0, 0.05) is 17.0 Å². The summed E-state index contributed by atoms with van der Waals surface area (Å²) in [4.78, 5) is 11.3. The quantitative estimate of drug-likeness (QED) is 0.718. The van der Waals surface area contributed by atoms with E-state index in [2.05, 4.69) is 11.9 Å². The second kappa shape index (κ2) is 4.11. The maximum Gasteiger partial charge on any atom is 0.222 e.